The van der Waals surface area contributed by atoms with Crippen molar-refractivity contribution >= 4 is 16.8 Å². The summed E-state index contributed by atoms with van der Waals surface area (Å²) in [4.78, 5) is 15.0. The molecule has 1 aromatic carbocycles. The van der Waals surface area contributed by atoms with Gasteiger partial charge in [0.25, 0.3) is 0 Å². The van der Waals surface area contributed by atoms with E-state index in [9.17, 15) is 9.90 Å². The highest BCUT2D eigenvalue weighted by molar-refractivity contribution is 5.84. The highest BCUT2D eigenvalue weighted by Crippen LogP contribution is 2.24. The van der Waals surface area contributed by atoms with Crippen LogP contribution in [0.5, 0.6) is 0 Å². The van der Waals surface area contributed by atoms with Gasteiger partial charge in [-0.3, -0.25) is 9.69 Å². The first-order valence-corrected chi connectivity index (χ1v) is 13.6. The molecule has 0 fully saturated rings. The Morgan fingerprint density at radius 1 is 1.25 bits per heavy atom. The quantitative estimate of drug-likeness (QED) is 0.301. The molecule has 0 bridgehead atoms. The maximum Gasteiger partial charge on any atom is 0.223 e. The number of carbonyl (C=O) groups excluding carboxylic acids is 1. The lowest BCUT2D eigenvalue weighted by Gasteiger charge is -2.32. The number of aliphatic hydroxyl groups excluding tert-OH is 1. The number of unbranched alkanes of at least 4 members (excludes halogenated alkanes) is 1. The Morgan fingerprint density at radius 2 is 1.97 bits per heavy atom. The van der Waals surface area contributed by atoms with Gasteiger partial charge in [-0.1, -0.05) is 39.3 Å². The zero-order valence-electron chi connectivity index (χ0n) is 23.6. The smallest absolute Gasteiger partial charge is 0.223 e. The van der Waals surface area contributed by atoms with Gasteiger partial charge in [0.2, 0.25) is 5.91 Å². The first-order valence-electron chi connectivity index (χ1n) is 13.6. The van der Waals surface area contributed by atoms with Gasteiger partial charge in [0, 0.05) is 68.4 Å². The number of ether oxygens (including phenoxy) is 1. The molecule has 0 spiro atoms. The number of amides is 1. The van der Waals surface area contributed by atoms with Gasteiger partial charge < -0.3 is 25.5 Å². The summed E-state index contributed by atoms with van der Waals surface area (Å²) in [5.74, 6) is -0.0920. The Labute approximate surface area is 218 Å². The lowest BCUT2D eigenvalue weighted by atomic mass is 9.87. The number of hydrogen-bond acceptors (Lipinski definition) is 5. The molecule has 7 nitrogen and oxygen atoms in total. The number of benzene rings is 1. The first-order chi connectivity index (χ1) is 17.1. The molecule has 4 N–H and O–H groups in total. The number of aryl methyl sites for hydroxylation is 1. The maximum absolute atomic E-state index is 12.7. The van der Waals surface area contributed by atoms with Gasteiger partial charge in [-0.05, 0) is 56.7 Å². The first kappa shape index (κ1) is 30.3. The van der Waals surface area contributed by atoms with Crippen molar-refractivity contribution in [3.63, 3.8) is 0 Å². The lowest BCUT2D eigenvalue weighted by molar-refractivity contribution is -0.127. The zero-order valence-corrected chi connectivity index (χ0v) is 23.6. The Morgan fingerprint density at radius 3 is 2.58 bits per heavy atom. The molecule has 204 valence electrons. The fourth-order valence-corrected chi connectivity index (χ4v) is 4.72. The van der Waals surface area contributed by atoms with Gasteiger partial charge in [-0.15, -0.1) is 0 Å². The summed E-state index contributed by atoms with van der Waals surface area (Å²) in [6.45, 7) is 16.1. The highest BCUT2D eigenvalue weighted by Gasteiger charge is 2.29. The van der Waals surface area contributed by atoms with E-state index in [2.05, 4.69) is 66.9 Å². The minimum Gasteiger partial charge on any atom is -0.391 e. The molecule has 0 aliphatic rings. The second-order valence-corrected chi connectivity index (χ2v) is 10.8. The Bertz CT molecular complexity index is 940. The average Bonchev–Trinajstić information content (AvgIpc) is 3.14. The topological polar surface area (TPSA) is 92.7 Å². The Balaban J connectivity index is 2.08. The van der Waals surface area contributed by atoms with Gasteiger partial charge in [-0.2, -0.15) is 0 Å². The second kappa shape index (κ2) is 14.7. The standard InChI is InChI=1S/C29H50N4O3/c1-8-9-12-31-29(35)25(20(2)3)16-28(34)26(30)19-33(21(4)5)18-23-10-11-24-22(6)17-32(13-14-36-7)27(24)15-23/h10-11,15,17,20-21,25-26,28,34H,8-9,12-14,16,18-19,30H2,1-7H3,(H,31,35)/t25-,26-,28-/m0/s1. The van der Waals surface area contributed by atoms with E-state index in [1.165, 1.54) is 22.0 Å². The number of nitrogens with one attached hydrogen (secondary N) is 1. The summed E-state index contributed by atoms with van der Waals surface area (Å²) in [6.07, 6.45) is 3.82. The van der Waals surface area contributed by atoms with Crippen molar-refractivity contribution in [3.05, 3.63) is 35.5 Å². The number of aliphatic hydroxyl groups is 1. The van der Waals surface area contributed by atoms with Crippen LogP contribution in [0.3, 0.4) is 0 Å². The van der Waals surface area contributed by atoms with E-state index in [-0.39, 0.29) is 23.8 Å². The molecule has 0 unspecified atom stereocenters. The summed E-state index contributed by atoms with van der Waals surface area (Å²) in [7, 11) is 1.73. The number of carbonyl (C=O) groups is 1. The van der Waals surface area contributed by atoms with Crippen LogP contribution in [-0.4, -0.2) is 65.5 Å². The molecule has 0 aliphatic carbocycles. The number of rotatable bonds is 16. The molecule has 0 radical (unpaired) electrons. The van der Waals surface area contributed by atoms with E-state index in [4.69, 9.17) is 10.5 Å². The van der Waals surface area contributed by atoms with Crippen molar-refractivity contribution in [1.29, 1.82) is 0 Å². The van der Waals surface area contributed by atoms with Gasteiger partial charge in [0.1, 0.15) is 0 Å². The van der Waals surface area contributed by atoms with Crippen molar-refractivity contribution in [2.24, 2.45) is 17.6 Å². The minimum atomic E-state index is -0.744. The highest BCUT2D eigenvalue weighted by atomic mass is 16.5. The third-order valence-electron chi connectivity index (χ3n) is 7.20. The van der Waals surface area contributed by atoms with Crippen LogP contribution >= 0.6 is 0 Å². The number of nitrogens with zero attached hydrogens (tertiary/aromatic N) is 2. The van der Waals surface area contributed by atoms with Crippen LogP contribution < -0.4 is 11.1 Å². The van der Waals surface area contributed by atoms with Crippen LogP contribution in [-0.2, 0) is 22.6 Å². The molecule has 0 saturated heterocycles. The molecular weight excluding hydrogens is 452 g/mol. The SMILES string of the molecule is CCCCNC(=O)[C@@H](C[C@H](O)[C@@H](N)CN(Cc1ccc2c(C)cn(CCOC)c2c1)C(C)C)C(C)C. The van der Waals surface area contributed by atoms with E-state index < -0.39 is 12.1 Å². The Hall–Kier alpha value is -1.93. The van der Waals surface area contributed by atoms with Gasteiger partial charge in [-0.25, -0.2) is 0 Å². The van der Waals surface area contributed by atoms with Crippen LogP contribution in [0.2, 0.25) is 0 Å². The maximum atomic E-state index is 12.7. The van der Waals surface area contributed by atoms with Crippen LogP contribution in [0, 0.1) is 18.8 Å². The van der Waals surface area contributed by atoms with Gasteiger partial charge in [0.15, 0.2) is 0 Å². The van der Waals surface area contributed by atoms with E-state index in [0.717, 1.165) is 25.9 Å². The number of fused-ring (bicyclic) bond motifs is 1. The van der Waals surface area contributed by atoms with Crippen LogP contribution in [0.15, 0.2) is 24.4 Å². The normalized spacial score (nSPS) is 14.7. The van der Waals surface area contributed by atoms with Crippen LogP contribution in [0.1, 0.15) is 65.0 Å². The molecule has 7 heteroatoms. The fourth-order valence-electron chi connectivity index (χ4n) is 4.72. The van der Waals surface area contributed by atoms with Crippen molar-refractivity contribution in [2.75, 3.05) is 26.8 Å². The van der Waals surface area contributed by atoms with E-state index in [1.54, 1.807) is 7.11 Å². The molecule has 2 aromatic rings. The molecule has 0 aliphatic heterocycles. The van der Waals surface area contributed by atoms with Crippen molar-refractivity contribution in [3.8, 4) is 0 Å². The molecule has 1 amide bonds. The van der Waals surface area contributed by atoms with Gasteiger partial charge in [0.05, 0.1) is 12.7 Å². The molecule has 2 rings (SSSR count). The summed E-state index contributed by atoms with van der Waals surface area (Å²) < 4.78 is 7.54. The third-order valence-corrected chi connectivity index (χ3v) is 7.20. The molecule has 36 heavy (non-hydrogen) atoms. The largest absolute Gasteiger partial charge is 0.391 e. The number of nitrogens with two attached hydrogens (primary N) is 1. The Kier molecular flexibility index (Phi) is 12.4. The predicted octanol–water partition coefficient (Wildman–Crippen LogP) is 4.07. The summed E-state index contributed by atoms with van der Waals surface area (Å²) in [5, 5.41) is 15.3. The summed E-state index contributed by atoms with van der Waals surface area (Å²) >= 11 is 0. The lowest BCUT2D eigenvalue weighted by Crippen LogP contribution is -2.48. The average molecular weight is 503 g/mol. The van der Waals surface area contributed by atoms with Gasteiger partial charge >= 0.3 is 0 Å². The summed E-state index contributed by atoms with van der Waals surface area (Å²) in [6, 6.07) is 6.46. The number of methoxy groups -OCH3 is 1. The van der Waals surface area contributed by atoms with Crippen molar-refractivity contribution in [2.45, 2.75) is 92.1 Å². The van der Waals surface area contributed by atoms with Crippen LogP contribution in [0.25, 0.3) is 10.9 Å². The van der Waals surface area contributed by atoms with E-state index in [0.29, 0.717) is 26.1 Å². The van der Waals surface area contributed by atoms with Crippen molar-refractivity contribution < 1.29 is 14.6 Å². The molecule has 0 saturated carbocycles. The fraction of sp³-hybridized carbons (Fsp3) is 0.690. The number of aromatic nitrogens is 1. The molecular formula is C29H50N4O3. The van der Waals surface area contributed by atoms with E-state index >= 15 is 0 Å². The van der Waals surface area contributed by atoms with E-state index in [1.807, 2.05) is 13.8 Å². The molecule has 1 heterocycles. The van der Waals surface area contributed by atoms with Crippen LogP contribution in [0.4, 0.5) is 0 Å². The molecule has 1 aromatic heterocycles. The molecule has 3 atom stereocenters. The second-order valence-electron chi connectivity index (χ2n) is 10.8. The zero-order chi connectivity index (χ0) is 26.8. The van der Waals surface area contributed by atoms with Crippen molar-refractivity contribution in [1.82, 2.24) is 14.8 Å². The predicted molar refractivity (Wildman–Crippen MR) is 149 cm³/mol. The third kappa shape index (κ3) is 8.58. The number of hydrogen-bond donors (Lipinski definition) is 3. The monoisotopic (exact) mass is 502 g/mol. The minimum absolute atomic E-state index is 0.0190. The summed E-state index contributed by atoms with van der Waals surface area (Å²) in [5.41, 5.74) is 10.2.